The molecule has 1 aromatic heterocycles. The fraction of sp³-hybridized carbons (Fsp3) is 0.607. The molecule has 0 aliphatic carbocycles. The van der Waals surface area contributed by atoms with Gasteiger partial charge in [-0.15, -0.1) is 4.91 Å². The molecule has 15 heteroatoms. The van der Waals surface area contributed by atoms with E-state index in [-0.39, 0.29) is 67.3 Å². The van der Waals surface area contributed by atoms with E-state index in [9.17, 15) is 34.0 Å². The zero-order valence-corrected chi connectivity index (χ0v) is 25.4. The number of aromatic nitrogens is 1. The van der Waals surface area contributed by atoms with E-state index in [1.165, 1.54) is 28.4 Å². The first kappa shape index (κ1) is 34.9. The molecule has 15 nitrogen and oxygen atoms in total. The van der Waals surface area contributed by atoms with Crippen molar-refractivity contribution in [2.24, 2.45) is 5.29 Å². The molecular formula is C28H39N3O12. The molecule has 1 aliphatic rings. The maximum absolute atomic E-state index is 13.3. The molecule has 2 N–H and O–H groups in total. The molecule has 0 saturated carbocycles. The standard InChI is InChI=1S/C28H39N3O12/c1-28(2,3)43-27(37)25-18(13-24(35)42-7)15(8-10-21(32)39-4)19(29-25)14-20-17(12-23(34)41-6)16(9-11-22(33)40-5)26(36)31(20)30-38/h20,26,29,36H,8-14H2,1-7H3. The highest BCUT2D eigenvalue weighted by Crippen LogP contribution is 2.38. The Morgan fingerprint density at radius 1 is 0.814 bits per heavy atom. The minimum Gasteiger partial charge on any atom is -0.469 e. The van der Waals surface area contributed by atoms with Crippen LogP contribution in [0.25, 0.3) is 0 Å². The first-order chi connectivity index (χ1) is 20.2. The number of esters is 5. The summed E-state index contributed by atoms with van der Waals surface area (Å²) in [5.41, 5.74) is 0.450. The molecule has 0 amide bonds. The van der Waals surface area contributed by atoms with Crippen LogP contribution in [0, 0.1) is 4.91 Å². The van der Waals surface area contributed by atoms with Crippen molar-refractivity contribution in [3.63, 3.8) is 0 Å². The van der Waals surface area contributed by atoms with E-state index < -0.39 is 47.7 Å². The number of methoxy groups -OCH3 is 4. The van der Waals surface area contributed by atoms with Crippen LogP contribution < -0.4 is 0 Å². The second kappa shape index (κ2) is 15.3. The van der Waals surface area contributed by atoms with Gasteiger partial charge in [0, 0.05) is 25.0 Å². The van der Waals surface area contributed by atoms with E-state index in [0.717, 1.165) is 5.01 Å². The second-order valence-electron chi connectivity index (χ2n) is 10.7. The molecule has 0 radical (unpaired) electrons. The minimum atomic E-state index is -1.57. The van der Waals surface area contributed by atoms with Crippen LogP contribution in [0.3, 0.4) is 0 Å². The Balaban J connectivity index is 2.74. The summed E-state index contributed by atoms with van der Waals surface area (Å²) < 4.78 is 24.7. The molecule has 0 aromatic carbocycles. The quantitative estimate of drug-likeness (QED) is 0.134. The SMILES string of the molecule is COC(=O)CCC1=C(CC(=O)OC)C(Cc2[nH]c(C(=O)OC(C)(C)C)c(CC(=O)OC)c2CCC(=O)OC)N(N=O)C1O. The Labute approximate surface area is 248 Å². The fourth-order valence-corrected chi connectivity index (χ4v) is 4.82. The zero-order valence-electron chi connectivity index (χ0n) is 25.4. The Morgan fingerprint density at radius 2 is 1.35 bits per heavy atom. The predicted octanol–water partition coefficient (Wildman–Crippen LogP) is 1.83. The third-order valence-electron chi connectivity index (χ3n) is 6.84. The number of ether oxygens (including phenoxy) is 5. The molecule has 0 bridgehead atoms. The van der Waals surface area contributed by atoms with E-state index >= 15 is 0 Å². The molecule has 0 spiro atoms. The van der Waals surface area contributed by atoms with Gasteiger partial charge in [0.2, 0.25) is 0 Å². The van der Waals surface area contributed by atoms with Crippen LogP contribution in [-0.2, 0) is 62.1 Å². The van der Waals surface area contributed by atoms with E-state index in [1.807, 2.05) is 0 Å². The molecule has 0 saturated heterocycles. The van der Waals surface area contributed by atoms with Crippen LogP contribution in [0.5, 0.6) is 0 Å². The van der Waals surface area contributed by atoms with Crippen molar-refractivity contribution in [1.29, 1.82) is 0 Å². The first-order valence-corrected chi connectivity index (χ1v) is 13.5. The summed E-state index contributed by atoms with van der Waals surface area (Å²) >= 11 is 0. The number of nitrogens with one attached hydrogen (secondary N) is 1. The van der Waals surface area contributed by atoms with Crippen LogP contribution in [0.2, 0.25) is 0 Å². The number of aromatic amines is 1. The zero-order chi connectivity index (χ0) is 32.5. The van der Waals surface area contributed by atoms with Crippen LogP contribution in [0.1, 0.15) is 73.8 Å². The van der Waals surface area contributed by atoms with Gasteiger partial charge in [-0.05, 0) is 55.9 Å². The van der Waals surface area contributed by atoms with Gasteiger partial charge in [-0.1, -0.05) is 0 Å². The number of H-pyrrole nitrogens is 1. The number of rotatable bonds is 14. The molecule has 2 heterocycles. The lowest BCUT2D eigenvalue weighted by atomic mass is 9.92. The molecule has 2 atom stereocenters. The lowest BCUT2D eigenvalue weighted by Gasteiger charge is -2.24. The van der Waals surface area contributed by atoms with Crippen molar-refractivity contribution in [2.75, 3.05) is 28.4 Å². The van der Waals surface area contributed by atoms with Crippen molar-refractivity contribution in [2.45, 2.75) is 83.6 Å². The molecule has 43 heavy (non-hydrogen) atoms. The van der Waals surface area contributed by atoms with Gasteiger partial charge in [-0.3, -0.25) is 19.2 Å². The smallest absolute Gasteiger partial charge is 0.355 e. The fourth-order valence-electron chi connectivity index (χ4n) is 4.82. The number of carbonyl (C=O) groups excluding carboxylic acids is 5. The summed E-state index contributed by atoms with van der Waals surface area (Å²) in [4.78, 5) is 77.0. The third kappa shape index (κ3) is 9.11. The largest absolute Gasteiger partial charge is 0.469 e. The molecule has 1 aliphatic heterocycles. The minimum absolute atomic E-state index is 0.0165. The van der Waals surface area contributed by atoms with Crippen LogP contribution in [-0.4, -0.2) is 91.3 Å². The van der Waals surface area contributed by atoms with Crippen LogP contribution >= 0.6 is 0 Å². The maximum atomic E-state index is 13.3. The van der Waals surface area contributed by atoms with Gasteiger partial charge in [-0.2, -0.15) is 0 Å². The monoisotopic (exact) mass is 609 g/mol. The van der Waals surface area contributed by atoms with Gasteiger partial charge < -0.3 is 33.8 Å². The molecular weight excluding hydrogens is 570 g/mol. The highest BCUT2D eigenvalue weighted by atomic mass is 16.6. The van der Waals surface area contributed by atoms with Gasteiger partial charge in [0.25, 0.3) is 0 Å². The van der Waals surface area contributed by atoms with Crippen molar-refractivity contribution in [1.82, 2.24) is 9.99 Å². The first-order valence-electron chi connectivity index (χ1n) is 13.5. The highest BCUT2D eigenvalue weighted by Gasteiger charge is 2.42. The number of aliphatic hydroxyl groups is 1. The van der Waals surface area contributed by atoms with Gasteiger partial charge in [0.15, 0.2) is 6.23 Å². The number of nitroso groups, excluding NO2 is 1. The number of aliphatic hydroxyl groups excluding tert-OH is 1. The Morgan fingerprint density at radius 3 is 1.86 bits per heavy atom. The summed E-state index contributed by atoms with van der Waals surface area (Å²) in [5, 5.41) is 14.8. The lowest BCUT2D eigenvalue weighted by molar-refractivity contribution is -0.141. The number of carbonyl (C=O) groups is 5. The predicted molar refractivity (Wildman–Crippen MR) is 148 cm³/mol. The Bertz CT molecular complexity index is 1260. The van der Waals surface area contributed by atoms with Gasteiger partial charge in [0.05, 0.1) is 52.6 Å². The maximum Gasteiger partial charge on any atom is 0.355 e. The average molecular weight is 610 g/mol. The van der Waals surface area contributed by atoms with Crippen molar-refractivity contribution in [3.05, 3.63) is 38.6 Å². The molecule has 238 valence electrons. The number of hydrogen-bond donors (Lipinski definition) is 2. The summed E-state index contributed by atoms with van der Waals surface area (Å²) in [6.45, 7) is 5.00. The van der Waals surface area contributed by atoms with Crippen molar-refractivity contribution in [3.8, 4) is 0 Å². The molecule has 2 rings (SSSR count). The highest BCUT2D eigenvalue weighted by molar-refractivity contribution is 5.92. The molecule has 0 fully saturated rings. The van der Waals surface area contributed by atoms with Crippen molar-refractivity contribution >= 4 is 29.8 Å². The van der Waals surface area contributed by atoms with Gasteiger partial charge >= 0.3 is 29.8 Å². The second-order valence-corrected chi connectivity index (χ2v) is 10.7. The Hall–Kier alpha value is -4.27. The summed E-state index contributed by atoms with van der Waals surface area (Å²) in [5.74, 6) is -3.25. The lowest BCUT2D eigenvalue weighted by Crippen LogP contribution is -2.36. The van der Waals surface area contributed by atoms with E-state index in [4.69, 9.17) is 18.9 Å². The summed E-state index contributed by atoms with van der Waals surface area (Å²) in [7, 11) is 4.78. The number of nitrogens with zero attached hydrogens (tertiary/aromatic N) is 2. The summed E-state index contributed by atoms with van der Waals surface area (Å²) in [6, 6.07) is -1.03. The van der Waals surface area contributed by atoms with Crippen molar-refractivity contribution < 1.29 is 52.8 Å². The molecule has 2 unspecified atom stereocenters. The molecule has 1 aromatic rings. The third-order valence-corrected chi connectivity index (χ3v) is 6.84. The van der Waals surface area contributed by atoms with Crippen LogP contribution in [0.4, 0.5) is 0 Å². The van der Waals surface area contributed by atoms with Gasteiger partial charge in [0.1, 0.15) is 11.3 Å². The topological polar surface area (TPSA) is 200 Å². The van der Waals surface area contributed by atoms with E-state index in [0.29, 0.717) is 11.3 Å². The Kier molecular flexibility index (Phi) is 12.4. The van der Waals surface area contributed by atoms with Gasteiger partial charge in [-0.25, -0.2) is 9.80 Å². The average Bonchev–Trinajstić information content (AvgIpc) is 3.41. The normalized spacial score (nSPS) is 16.5. The van der Waals surface area contributed by atoms with E-state index in [2.05, 4.69) is 15.0 Å². The van der Waals surface area contributed by atoms with E-state index in [1.54, 1.807) is 20.8 Å². The van der Waals surface area contributed by atoms with Crippen LogP contribution in [0.15, 0.2) is 16.4 Å². The summed E-state index contributed by atoms with van der Waals surface area (Å²) in [6.07, 6.45) is -2.69. The number of hydrogen-bond acceptors (Lipinski definition) is 13.